The fourth-order valence-electron chi connectivity index (χ4n) is 4.98. The van der Waals surface area contributed by atoms with E-state index in [0.29, 0.717) is 32.2 Å². The average molecular weight is 557 g/mol. The van der Waals surface area contributed by atoms with Gasteiger partial charge >= 0.3 is 5.97 Å². The Morgan fingerprint density at radius 1 is 1.00 bits per heavy atom. The first-order chi connectivity index (χ1) is 19.0. The molecule has 0 radical (unpaired) electrons. The van der Waals surface area contributed by atoms with Crippen molar-refractivity contribution >= 4 is 29.8 Å². The summed E-state index contributed by atoms with van der Waals surface area (Å²) in [5.74, 6) is -2.55. The minimum atomic E-state index is -1.07. The molecule has 5 unspecified atom stereocenters. The van der Waals surface area contributed by atoms with E-state index in [2.05, 4.69) is 16.1 Å². The Kier molecular flexibility index (Phi) is 11.3. The maximum Gasteiger partial charge on any atom is 0.312 e. The molecule has 2 heterocycles. The van der Waals surface area contributed by atoms with E-state index in [1.54, 1.807) is 34.8 Å². The number of benzene rings is 1. The Labute approximate surface area is 237 Å². The van der Waals surface area contributed by atoms with Gasteiger partial charge in [0.15, 0.2) is 6.10 Å². The van der Waals surface area contributed by atoms with Gasteiger partial charge in [-0.25, -0.2) is 5.43 Å². The molecule has 3 rings (SSSR count). The summed E-state index contributed by atoms with van der Waals surface area (Å²) in [4.78, 5) is 52.5. The lowest BCUT2D eigenvalue weighted by atomic mass is 9.99. The van der Waals surface area contributed by atoms with Gasteiger partial charge in [-0.05, 0) is 69.6 Å². The molecule has 1 saturated heterocycles. The summed E-state index contributed by atoms with van der Waals surface area (Å²) in [7, 11) is 1.56. The van der Waals surface area contributed by atoms with Crippen molar-refractivity contribution in [2.75, 3.05) is 13.7 Å². The first-order valence-electron chi connectivity index (χ1n) is 14.2. The molecule has 10 nitrogen and oxygen atoms in total. The summed E-state index contributed by atoms with van der Waals surface area (Å²) in [5, 5.41) is 7.14. The molecule has 1 aromatic rings. The SMILES string of the molecule is COC1CC/C=C/c2cccc(c2)[C@@H](C)NC(=O)C2CCCN(N2)C(=O)C(C)NC(=O)C(C(C)C)OC(=O)C1C. The molecule has 4 bridgehead atoms. The van der Waals surface area contributed by atoms with Crippen LogP contribution >= 0.6 is 0 Å². The Bertz CT molecular complexity index is 1090. The Morgan fingerprint density at radius 3 is 2.42 bits per heavy atom. The average Bonchev–Trinajstić information content (AvgIpc) is 2.94. The van der Waals surface area contributed by atoms with Crippen LogP contribution in [0.25, 0.3) is 6.08 Å². The molecular formula is C30H44N4O6. The maximum absolute atomic E-state index is 13.2. The molecule has 2 aliphatic heterocycles. The number of esters is 1. The molecule has 3 N–H and O–H groups in total. The molecule has 1 fully saturated rings. The molecule has 0 saturated carbocycles. The van der Waals surface area contributed by atoms with Crippen molar-refractivity contribution < 1.29 is 28.7 Å². The lowest BCUT2D eigenvalue weighted by molar-refractivity contribution is -0.166. The van der Waals surface area contributed by atoms with Gasteiger partial charge in [-0.15, -0.1) is 0 Å². The van der Waals surface area contributed by atoms with Crippen molar-refractivity contribution in [1.82, 2.24) is 21.1 Å². The highest BCUT2D eigenvalue weighted by atomic mass is 16.6. The highest BCUT2D eigenvalue weighted by Crippen LogP contribution is 2.20. The second-order valence-electron chi connectivity index (χ2n) is 11.1. The van der Waals surface area contributed by atoms with Crippen LogP contribution in [0.4, 0.5) is 0 Å². The number of fused-ring (bicyclic) bond motifs is 4. The van der Waals surface area contributed by atoms with Crippen LogP contribution < -0.4 is 16.1 Å². The monoisotopic (exact) mass is 556 g/mol. The van der Waals surface area contributed by atoms with Crippen molar-refractivity contribution in [2.45, 2.75) is 90.6 Å². The molecule has 0 aliphatic carbocycles. The fourth-order valence-corrected chi connectivity index (χ4v) is 4.98. The molecule has 0 spiro atoms. The fraction of sp³-hybridized carbons (Fsp3) is 0.600. The van der Waals surface area contributed by atoms with Crippen molar-refractivity contribution in [3.63, 3.8) is 0 Å². The van der Waals surface area contributed by atoms with Gasteiger partial charge < -0.3 is 20.1 Å². The highest BCUT2D eigenvalue weighted by molar-refractivity contribution is 5.91. The number of nitrogens with one attached hydrogen (secondary N) is 3. The number of amides is 3. The molecule has 0 aromatic heterocycles. The number of cyclic esters (lactones) is 1. The summed E-state index contributed by atoms with van der Waals surface area (Å²) in [6, 6.07) is 6.23. The van der Waals surface area contributed by atoms with Gasteiger partial charge in [0.05, 0.1) is 18.1 Å². The zero-order valence-electron chi connectivity index (χ0n) is 24.4. The van der Waals surface area contributed by atoms with Crippen LogP contribution in [0.1, 0.15) is 77.5 Å². The quantitative estimate of drug-likeness (QED) is 0.478. The topological polar surface area (TPSA) is 126 Å². The van der Waals surface area contributed by atoms with Crippen LogP contribution in [-0.4, -0.2) is 66.6 Å². The largest absolute Gasteiger partial charge is 0.452 e. The van der Waals surface area contributed by atoms with Crippen molar-refractivity contribution in [3.05, 3.63) is 41.5 Å². The summed E-state index contributed by atoms with van der Waals surface area (Å²) in [5.41, 5.74) is 4.99. The second-order valence-corrected chi connectivity index (χ2v) is 11.1. The summed E-state index contributed by atoms with van der Waals surface area (Å²) in [6.07, 6.45) is 5.05. The van der Waals surface area contributed by atoms with E-state index in [9.17, 15) is 19.2 Å². The number of ether oxygens (including phenoxy) is 2. The summed E-state index contributed by atoms with van der Waals surface area (Å²) in [6.45, 7) is 9.21. The van der Waals surface area contributed by atoms with Gasteiger partial charge in [-0.1, -0.05) is 44.2 Å². The van der Waals surface area contributed by atoms with Crippen LogP contribution in [0.5, 0.6) is 0 Å². The van der Waals surface area contributed by atoms with Gasteiger partial charge in [-0.2, -0.15) is 0 Å². The number of allylic oxidation sites excluding steroid dienone is 1. The predicted octanol–water partition coefficient (Wildman–Crippen LogP) is 2.89. The number of hydrazine groups is 1. The maximum atomic E-state index is 13.2. The summed E-state index contributed by atoms with van der Waals surface area (Å²) >= 11 is 0. The van der Waals surface area contributed by atoms with Gasteiger partial charge in [0, 0.05) is 13.7 Å². The van der Waals surface area contributed by atoms with E-state index in [0.717, 1.165) is 11.1 Å². The van der Waals surface area contributed by atoms with Crippen LogP contribution in [0.3, 0.4) is 0 Å². The molecule has 6 atom stereocenters. The van der Waals surface area contributed by atoms with Crippen LogP contribution in [0.2, 0.25) is 0 Å². The van der Waals surface area contributed by atoms with Crippen LogP contribution in [-0.2, 0) is 28.7 Å². The van der Waals surface area contributed by atoms with E-state index in [1.165, 1.54) is 5.01 Å². The van der Waals surface area contributed by atoms with Crippen LogP contribution in [0, 0.1) is 11.8 Å². The number of carbonyl (C=O) groups is 4. The number of rotatable bonds is 2. The number of hydrogen-bond acceptors (Lipinski definition) is 7. The van der Waals surface area contributed by atoms with Crippen molar-refractivity contribution in [2.24, 2.45) is 11.8 Å². The van der Waals surface area contributed by atoms with E-state index in [-0.39, 0.29) is 23.8 Å². The number of carbonyl (C=O) groups excluding carboxylic acids is 4. The Morgan fingerprint density at radius 2 is 1.73 bits per heavy atom. The number of nitrogens with zero attached hydrogens (tertiary/aromatic N) is 1. The third-order valence-corrected chi connectivity index (χ3v) is 7.53. The first-order valence-corrected chi connectivity index (χ1v) is 14.2. The number of methoxy groups -OCH3 is 1. The molecule has 40 heavy (non-hydrogen) atoms. The molecule has 3 amide bonds. The van der Waals surface area contributed by atoms with E-state index in [4.69, 9.17) is 9.47 Å². The first kappa shape index (κ1) is 31.3. The minimum absolute atomic E-state index is 0.198. The van der Waals surface area contributed by atoms with Gasteiger partial charge in [-0.3, -0.25) is 24.2 Å². The lowest BCUT2D eigenvalue weighted by Crippen LogP contribution is -2.61. The number of hydrogen-bond donors (Lipinski definition) is 3. The van der Waals surface area contributed by atoms with E-state index >= 15 is 0 Å². The molecular weight excluding hydrogens is 512 g/mol. The third-order valence-electron chi connectivity index (χ3n) is 7.53. The summed E-state index contributed by atoms with van der Waals surface area (Å²) < 4.78 is 11.3. The Balaban J connectivity index is 1.87. The molecule has 2 aliphatic rings. The van der Waals surface area contributed by atoms with Crippen molar-refractivity contribution in [1.29, 1.82) is 0 Å². The normalized spacial score (nSPS) is 30.4. The zero-order chi connectivity index (χ0) is 29.4. The smallest absolute Gasteiger partial charge is 0.312 e. The lowest BCUT2D eigenvalue weighted by Gasteiger charge is -2.35. The zero-order valence-corrected chi connectivity index (χ0v) is 24.4. The minimum Gasteiger partial charge on any atom is -0.452 e. The van der Waals surface area contributed by atoms with Gasteiger partial charge in [0.2, 0.25) is 5.91 Å². The van der Waals surface area contributed by atoms with Gasteiger partial charge in [0.25, 0.3) is 11.8 Å². The van der Waals surface area contributed by atoms with Crippen LogP contribution in [0.15, 0.2) is 30.3 Å². The Hall–Kier alpha value is -3.24. The molecule has 10 heteroatoms. The highest BCUT2D eigenvalue weighted by Gasteiger charge is 2.35. The standard InChI is InChI=1S/C30H44N4O6/c1-18(2)26-28(36)32-21(5)29(37)34-16-10-14-24(33-34)27(35)31-20(4)23-13-9-12-22(17-23)11-7-8-15-25(39-6)19(3)30(38)40-26/h7,9,11-13,17-21,24-26,33H,8,10,14-16H2,1-6H3,(H,31,35)(H,32,36)/b11-7+/t19?,20-,21?,24?,25?,26?/m1/s1. The molecule has 1 aromatic carbocycles. The van der Waals surface area contributed by atoms with Gasteiger partial charge in [0.1, 0.15) is 12.1 Å². The van der Waals surface area contributed by atoms with E-state index < -0.39 is 42.1 Å². The second kappa shape index (κ2) is 14.4. The predicted molar refractivity (Wildman–Crippen MR) is 151 cm³/mol. The third kappa shape index (κ3) is 8.14. The molecule has 220 valence electrons. The van der Waals surface area contributed by atoms with Crippen molar-refractivity contribution in [3.8, 4) is 0 Å². The van der Waals surface area contributed by atoms with E-state index in [1.807, 2.05) is 43.3 Å².